The van der Waals surface area contributed by atoms with E-state index in [1.54, 1.807) is 17.4 Å². The summed E-state index contributed by atoms with van der Waals surface area (Å²) < 4.78 is 3.27. The molecule has 2 heterocycles. The van der Waals surface area contributed by atoms with E-state index in [0.29, 0.717) is 5.56 Å². The number of nitriles is 1. The highest BCUT2D eigenvalue weighted by atomic mass is 127. The topological polar surface area (TPSA) is 41.6 Å². The summed E-state index contributed by atoms with van der Waals surface area (Å²) in [6, 6.07) is 9.99. The van der Waals surface area contributed by atoms with E-state index >= 15 is 0 Å². The van der Waals surface area contributed by atoms with Crippen LogP contribution in [0.4, 0.5) is 0 Å². The van der Waals surface area contributed by atoms with Crippen molar-refractivity contribution in [1.29, 1.82) is 5.26 Å². The Kier molecular flexibility index (Phi) is 2.84. The number of rotatable bonds is 1. The minimum atomic E-state index is 0.624. The number of hydrogen-bond donors (Lipinski definition) is 0. The number of thiophene rings is 1. The molecule has 0 atom stereocenters. The number of hydrogen-bond acceptors (Lipinski definition) is 3. The Morgan fingerprint density at radius 2 is 2.28 bits per heavy atom. The maximum atomic E-state index is 9.11. The van der Waals surface area contributed by atoms with Gasteiger partial charge in [0, 0.05) is 18.0 Å². The second-order valence-electron chi connectivity index (χ2n) is 3.92. The number of halogens is 1. The molecule has 5 heteroatoms. The summed E-state index contributed by atoms with van der Waals surface area (Å²) in [4.78, 5) is 4.61. The van der Waals surface area contributed by atoms with Gasteiger partial charge in [0.1, 0.15) is 17.4 Å². The van der Waals surface area contributed by atoms with Gasteiger partial charge in [0.15, 0.2) is 0 Å². The fourth-order valence-corrected chi connectivity index (χ4v) is 3.32. The second kappa shape index (κ2) is 4.37. The summed E-state index contributed by atoms with van der Waals surface area (Å²) in [5.74, 6) is 0.909. The highest BCUT2D eigenvalue weighted by Gasteiger charge is 2.13. The van der Waals surface area contributed by atoms with Crippen molar-refractivity contribution in [2.45, 2.75) is 0 Å². The highest BCUT2D eigenvalue weighted by molar-refractivity contribution is 14.1. The third-order valence-electron chi connectivity index (χ3n) is 2.86. The van der Waals surface area contributed by atoms with Crippen LogP contribution in [0.3, 0.4) is 0 Å². The first-order valence-corrected chi connectivity index (χ1v) is 7.26. The number of aromatic nitrogens is 2. The largest absolute Gasteiger partial charge is 0.327 e. The fourth-order valence-electron chi connectivity index (χ4n) is 1.99. The van der Waals surface area contributed by atoms with Gasteiger partial charge in [-0.05, 0) is 40.8 Å². The van der Waals surface area contributed by atoms with Crippen LogP contribution in [0.1, 0.15) is 5.56 Å². The molecule has 3 aromatic rings. The van der Waals surface area contributed by atoms with Crippen LogP contribution in [0.2, 0.25) is 0 Å². The van der Waals surface area contributed by atoms with E-state index in [2.05, 4.69) is 45.1 Å². The van der Waals surface area contributed by atoms with Crippen molar-refractivity contribution in [3.63, 3.8) is 0 Å². The van der Waals surface area contributed by atoms with Crippen LogP contribution in [0.25, 0.3) is 22.4 Å². The highest BCUT2D eigenvalue weighted by Crippen LogP contribution is 2.29. The normalized spacial score (nSPS) is 10.7. The Morgan fingerprint density at radius 1 is 1.44 bits per heavy atom. The summed E-state index contributed by atoms with van der Waals surface area (Å²) in [6.07, 6.45) is 0. The van der Waals surface area contributed by atoms with E-state index in [1.807, 2.05) is 23.7 Å². The van der Waals surface area contributed by atoms with E-state index < -0.39 is 0 Å². The zero-order valence-corrected chi connectivity index (χ0v) is 12.5. The fraction of sp³-hybridized carbons (Fsp3) is 0.0769. The van der Waals surface area contributed by atoms with Crippen molar-refractivity contribution in [2.24, 2.45) is 7.05 Å². The third kappa shape index (κ3) is 1.72. The number of fused-ring (bicyclic) bond motifs is 1. The SMILES string of the molecule is Cn1c(-c2csc(I)c2)nc2c(C#N)cccc21. The lowest BCUT2D eigenvalue weighted by molar-refractivity contribution is 0.960. The quantitative estimate of drug-likeness (QED) is 0.616. The first-order chi connectivity index (χ1) is 8.70. The molecule has 18 heavy (non-hydrogen) atoms. The Bertz CT molecular complexity index is 779. The van der Waals surface area contributed by atoms with Crippen LogP contribution in [0.5, 0.6) is 0 Å². The van der Waals surface area contributed by atoms with Crippen LogP contribution in [0.15, 0.2) is 29.6 Å². The molecule has 3 rings (SSSR count). The molecule has 3 nitrogen and oxygen atoms in total. The minimum absolute atomic E-state index is 0.624. The lowest BCUT2D eigenvalue weighted by Gasteiger charge is -1.98. The number of imidazole rings is 1. The average Bonchev–Trinajstić information content (AvgIpc) is 2.94. The average molecular weight is 365 g/mol. The lowest BCUT2D eigenvalue weighted by atomic mass is 10.2. The van der Waals surface area contributed by atoms with Crippen LogP contribution in [-0.4, -0.2) is 9.55 Å². The van der Waals surface area contributed by atoms with Crippen molar-refractivity contribution < 1.29 is 0 Å². The Morgan fingerprint density at radius 3 is 2.94 bits per heavy atom. The number of nitrogens with zero attached hydrogens (tertiary/aromatic N) is 3. The molecule has 0 saturated carbocycles. The smallest absolute Gasteiger partial charge is 0.141 e. The van der Waals surface area contributed by atoms with Crippen molar-refractivity contribution in [1.82, 2.24) is 9.55 Å². The molecule has 0 fully saturated rings. The Hall–Kier alpha value is -1.39. The van der Waals surface area contributed by atoms with Gasteiger partial charge in [0.25, 0.3) is 0 Å². The number of benzene rings is 1. The molecule has 88 valence electrons. The van der Waals surface area contributed by atoms with Gasteiger partial charge in [0.2, 0.25) is 0 Å². The van der Waals surface area contributed by atoms with Crippen molar-refractivity contribution in [2.75, 3.05) is 0 Å². The first-order valence-electron chi connectivity index (χ1n) is 5.30. The first kappa shape index (κ1) is 11.7. The maximum absolute atomic E-state index is 9.11. The van der Waals surface area contributed by atoms with Crippen molar-refractivity contribution >= 4 is 45.0 Å². The van der Waals surface area contributed by atoms with Crippen molar-refractivity contribution in [3.05, 3.63) is 38.1 Å². The van der Waals surface area contributed by atoms with Gasteiger partial charge in [0.05, 0.1) is 14.0 Å². The van der Waals surface area contributed by atoms with E-state index in [-0.39, 0.29) is 0 Å². The predicted octanol–water partition coefficient (Wildman–Crippen LogP) is 3.78. The van der Waals surface area contributed by atoms with Crippen LogP contribution >= 0.6 is 33.9 Å². The summed E-state index contributed by atoms with van der Waals surface area (Å²) >= 11 is 4.00. The summed E-state index contributed by atoms with van der Waals surface area (Å²) in [6.45, 7) is 0. The molecule has 1 aromatic carbocycles. The van der Waals surface area contributed by atoms with Crippen LogP contribution in [-0.2, 0) is 7.05 Å². The molecule has 0 aliphatic rings. The van der Waals surface area contributed by atoms with Gasteiger partial charge >= 0.3 is 0 Å². The van der Waals surface area contributed by atoms with E-state index in [1.165, 1.54) is 2.88 Å². The standard InChI is InChI=1S/C13H8IN3S/c1-17-10-4-2-3-8(6-15)12(10)16-13(17)9-5-11(14)18-7-9/h2-5,7H,1H3. The van der Waals surface area contributed by atoms with Gasteiger partial charge in [-0.2, -0.15) is 5.26 Å². The molecule has 0 spiro atoms. The van der Waals surface area contributed by atoms with Gasteiger partial charge in [-0.25, -0.2) is 4.98 Å². The molecule has 0 radical (unpaired) electrons. The molecule has 0 N–H and O–H groups in total. The van der Waals surface area contributed by atoms with E-state index in [4.69, 9.17) is 5.26 Å². The molecular formula is C13H8IN3S. The molecule has 0 unspecified atom stereocenters. The van der Waals surface area contributed by atoms with Gasteiger partial charge in [-0.3, -0.25) is 0 Å². The van der Waals surface area contributed by atoms with Crippen molar-refractivity contribution in [3.8, 4) is 17.5 Å². The number of para-hydroxylation sites is 1. The van der Waals surface area contributed by atoms with Crippen LogP contribution < -0.4 is 0 Å². The van der Waals surface area contributed by atoms with Gasteiger partial charge in [-0.15, -0.1) is 11.3 Å². The molecule has 0 aliphatic heterocycles. The molecule has 0 aliphatic carbocycles. The van der Waals surface area contributed by atoms with Gasteiger partial charge < -0.3 is 4.57 Å². The predicted molar refractivity (Wildman–Crippen MR) is 81.5 cm³/mol. The zero-order valence-electron chi connectivity index (χ0n) is 9.51. The molecular weight excluding hydrogens is 357 g/mol. The summed E-state index contributed by atoms with van der Waals surface area (Å²) in [5, 5.41) is 11.2. The molecule has 2 aromatic heterocycles. The summed E-state index contributed by atoms with van der Waals surface area (Å²) in [5.41, 5.74) is 3.50. The Balaban J connectivity index is 2.33. The Labute approximate surface area is 122 Å². The summed E-state index contributed by atoms with van der Waals surface area (Å²) in [7, 11) is 1.98. The number of aryl methyl sites for hydroxylation is 1. The minimum Gasteiger partial charge on any atom is -0.327 e. The van der Waals surface area contributed by atoms with E-state index in [9.17, 15) is 0 Å². The lowest BCUT2D eigenvalue weighted by Crippen LogP contribution is -1.90. The zero-order chi connectivity index (χ0) is 12.7. The monoisotopic (exact) mass is 365 g/mol. The van der Waals surface area contributed by atoms with Gasteiger partial charge in [-0.1, -0.05) is 6.07 Å². The third-order valence-corrected chi connectivity index (χ3v) is 4.65. The van der Waals surface area contributed by atoms with E-state index in [0.717, 1.165) is 22.4 Å². The van der Waals surface area contributed by atoms with Crippen LogP contribution in [0, 0.1) is 14.2 Å². The molecule has 0 bridgehead atoms. The second-order valence-corrected chi connectivity index (χ2v) is 6.72. The maximum Gasteiger partial charge on any atom is 0.141 e. The molecule has 0 amide bonds. The molecule has 0 saturated heterocycles.